The number of rotatable bonds is 7. The second kappa shape index (κ2) is 7.43. The summed E-state index contributed by atoms with van der Waals surface area (Å²) in [6, 6.07) is 3.61. The molecule has 6 nitrogen and oxygen atoms in total. The quantitative estimate of drug-likeness (QED) is 0.530. The molecule has 1 fully saturated rings. The van der Waals surface area contributed by atoms with Crippen molar-refractivity contribution in [3.05, 3.63) is 42.0 Å². The highest BCUT2D eigenvalue weighted by molar-refractivity contribution is 6.19. The van der Waals surface area contributed by atoms with Crippen LogP contribution in [0.15, 0.2) is 36.4 Å². The third-order valence-electron chi connectivity index (χ3n) is 6.00. The molecule has 6 heteroatoms. The summed E-state index contributed by atoms with van der Waals surface area (Å²) in [5.41, 5.74) is 0.228. The summed E-state index contributed by atoms with van der Waals surface area (Å²) in [5.74, 6) is -0.354. The lowest BCUT2D eigenvalue weighted by Crippen LogP contribution is -2.45. The van der Waals surface area contributed by atoms with Gasteiger partial charge in [0.1, 0.15) is 5.60 Å². The van der Waals surface area contributed by atoms with Crippen LogP contribution in [0, 0.1) is 11.8 Å². The molecule has 2 bridgehead atoms. The highest BCUT2D eigenvalue weighted by Gasteiger charge is 2.63. The Morgan fingerprint density at radius 1 is 1.07 bits per heavy atom. The van der Waals surface area contributed by atoms with E-state index in [1.165, 1.54) is 28.4 Å². The number of hydrogen-bond donors (Lipinski definition) is 0. The van der Waals surface area contributed by atoms with Gasteiger partial charge in [-0.15, -0.1) is 6.58 Å². The predicted molar refractivity (Wildman–Crippen MR) is 104 cm³/mol. The largest absolute Gasteiger partial charge is 0.493 e. The first kappa shape index (κ1) is 20.1. The summed E-state index contributed by atoms with van der Waals surface area (Å²) in [7, 11) is 6.12. The Bertz CT molecular complexity index is 830. The molecule has 0 radical (unpaired) electrons. The zero-order valence-corrected chi connectivity index (χ0v) is 16.9. The molecular weight excluding hydrogens is 360 g/mol. The summed E-state index contributed by atoms with van der Waals surface area (Å²) >= 11 is 0. The van der Waals surface area contributed by atoms with E-state index >= 15 is 0 Å². The molecule has 2 aliphatic rings. The number of hydrogen-bond acceptors (Lipinski definition) is 6. The molecule has 0 amide bonds. The van der Waals surface area contributed by atoms with Crippen molar-refractivity contribution in [2.24, 2.45) is 11.8 Å². The van der Waals surface area contributed by atoms with Gasteiger partial charge < -0.3 is 18.9 Å². The second-order valence-electron chi connectivity index (χ2n) is 7.14. The molecule has 1 saturated carbocycles. The molecule has 0 aromatic heterocycles. The average molecular weight is 386 g/mol. The number of ketones is 2. The first-order chi connectivity index (χ1) is 13.4. The lowest BCUT2D eigenvalue weighted by Gasteiger charge is -2.31. The van der Waals surface area contributed by atoms with Crippen LogP contribution in [0.25, 0.3) is 0 Å². The fourth-order valence-electron chi connectivity index (χ4n) is 4.64. The van der Waals surface area contributed by atoms with Crippen LogP contribution >= 0.6 is 0 Å². The molecule has 150 valence electrons. The number of carbonyl (C=O) groups is 2. The van der Waals surface area contributed by atoms with Gasteiger partial charge in [0.05, 0.1) is 27.2 Å². The Morgan fingerprint density at radius 2 is 1.68 bits per heavy atom. The Balaban J connectivity index is 2.19. The molecule has 0 heterocycles. The third kappa shape index (κ3) is 2.66. The van der Waals surface area contributed by atoms with E-state index < -0.39 is 11.5 Å². The molecule has 0 saturated heterocycles. The van der Waals surface area contributed by atoms with Crippen molar-refractivity contribution >= 4 is 11.6 Å². The van der Waals surface area contributed by atoms with Crippen molar-refractivity contribution in [3.63, 3.8) is 0 Å². The Kier molecular flexibility index (Phi) is 5.35. The average Bonchev–Trinajstić information content (AvgIpc) is 2.86. The highest BCUT2D eigenvalue weighted by Crippen LogP contribution is 2.55. The second-order valence-corrected chi connectivity index (χ2v) is 7.14. The predicted octanol–water partition coefficient (Wildman–Crippen LogP) is 3.10. The number of methoxy groups -OCH3 is 4. The Labute approximate surface area is 165 Å². The van der Waals surface area contributed by atoms with Crippen molar-refractivity contribution in [1.82, 2.24) is 0 Å². The lowest BCUT2D eigenvalue weighted by molar-refractivity contribution is -0.141. The van der Waals surface area contributed by atoms with E-state index in [4.69, 9.17) is 18.9 Å². The van der Waals surface area contributed by atoms with Crippen LogP contribution in [0.3, 0.4) is 0 Å². The van der Waals surface area contributed by atoms with Crippen LogP contribution in [0.5, 0.6) is 17.2 Å². The first-order valence-corrected chi connectivity index (χ1v) is 9.16. The number of Topliss-reactive ketones (excluding diaryl/α,β-unsaturated/α-hetero) is 2. The Hall–Kier alpha value is -2.60. The molecule has 1 aromatic carbocycles. The summed E-state index contributed by atoms with van der Waals surface area (Å²) in [6.45, 7) is 5.66. The van der Waals surface area contributed by atoms with Crippen molar-refractivity contribution in [2.75, 3.05) is 28.4 Å². The maximum Gasteiger partial charge on any atom is 0.203 e. The van der Waals surface area contributed by atoms with Crippen LogP contribution in [0.1, 0.15) is 24.8 Å². The van der Waals surface area contributed by atoms with Crippen molar-refractivity contribution in [3.8, 4) is 17.2 Å². The van der Waals surface area contributed by atoms with E-state index in [2.05, 4.69) is 6.58 Å². The van der Waals surface area contributed by atoms with E-state index in [0.717, 1.165) is 5.56 Å². The zero-order chi connectivity index (χ0) is 20.6. The SMILES string of the molecule is C=CCC1=C[C@]2(OC)C(=O)[C@@H](C1=O)[C@H](c1cc(OC)c(OC)c(OC)c1)[C@H]2C. The molecule has 28 heavy (non-hydrogen) atoms. The molecule has 4 atom stereocenters. The topological polar surface area (TPSA) is 71.1 Å². The lowest BCUT2D eigenvalue weighted by atomic mass is 9.79. The van der Waals surface area contributed by atoms with Gasteiger partial charge in [-0.25, -0.2) is 0 Å². The minimum atomic E-state index is -1.12. The normalized spacial score (nSPS) is 28.8. The van der Waals surface area contributed by atoms with Gasteiger partial charge in [-0.3, -0.25) is 9.59 Å². The molecule has 0 N–H and O–H groups in total. The zero-order valence-electron chi connectivity index (χ0n) is 16.9. The van der Waals surface area contributed by atoms with Gasteiger partial charge in [-0.05, 0) is 35.8 Å². The van der Waals surface area contributed by atoms with Gasteiger partial charge in [0.2, 0.25) is 5.75 Å². The summed E-state index contributed by atoms with van der Waals surface area (Å²) in [6.07, 6.45) is 3.77. The van der Waals surface area contributed by atoms with E-state index in [1.54, 1.807) is 24.3 Å². The fourth-order valence-corrected chi connectivity index (χ4v) is 4.64. The Morgan fingerprint density at radius 3 is 2.14 bits per heavy atom. The fraction of sp³-hybridized carbons (Fsp3) is 0.455. The number of benzene rings is 1. The standard InChI is InChI=1S/C22H26O6/c1-7-8-13-11-22(28-6)12(2)17(18(19(13)23)21(22)24)14-9-15(25-3)20(27-5)16(10-14)26-4/h7,9-12,17-18H,1,8H2,2-6H3/t12-,17+,18-,22-/m1/s1. The maximum atomic E-state index is 13.2. The molecule has 1 aromatic rings. The molecular formula is C22H26O6. The molecule has 3 rings (SSSR count). The van der Waals surface area contributed by atoms with Gasteiger partial charge in [-0.2, -0.15) is 0 Å². The van der Waals surface area contributed by atoms with Gasteiger partial charge in [-0.1, -0.05) is 13.0 Å². The summed E-state index contributed by atoms with van der Waals surface area (Å²) in [5, 5.41) is 0. The van der Waals surface area contributed by atoms with Gasteiger partial charge in [0.25, 0.3) is 0 Å². The molecule has 2 aliphatic carbocycles. The highest BCUT2D eigenvalue weighted by atomic mass is 16.5. The number of carbonyl (C=O) groups excluding carboxylic acids is 2. The molecule has 0 aliphatic heterocycles. The van der Waals surface area contributed by atoms with E-state index in [9.17, 15) is 9.59 Å². The van der Waals surface area contributed by atoms with Crippen LogP contribution in [-0.4, -0.2) is 45.6 Å². The molecule has 0 unspecified atom stereocenters. The smallest absolute Gasteiger partial charge is 0.203 e. The van der Waals surface area contributed by atoms with Gasteiger partial charge >= 0.3 is 0 Å². The number of allylic oxidation sites excluding steroid dienone is 2. The van der Waals surface area contributed by atoms with Crippen LogP contribution < -0.4 is 14.2 Å². The van der Waals surface area contributed by atoms with E-state index in [0.29, 0.717) is 29.2 Å². The van der Waals surface area contributed by atoms with Crippen molar-refractivity contribution < 1.29 is 28.5 Å². The first-order valence-electron chi connectivity index (χ1n) is 9.16. The van der Waals surface area contributed by atoms with Crippen molar-refractivity contribution in [1.29, 1.82) is 0 Å². The van der Waals surface area contributed by atoms with Gasteiger partial charge in [0.15, 0.2) is 23.1 Å². The molecule has 0 spiro atoms. The minimum absolute atomic E-state index is 0.166. The van der Waals surface area contributed by atoms with Gasteiger partial charge in [0, 0.05) is 18.9 Å². The van der Waals surface area contributed by atoms with Crippen LogP contribution in [0.2, 0.25) is 0 Å². The summed E-state index contributed by atoms with van der Waals surface area (Å²) < 4.78 is 22.0. The number of ether oxygens (including phenoxy) is 4. The van der Waals surface area contributed by atoms with E-state index in [1.807, 2.05) is 6.92 Å². The monoisotopic (exact) mass is 386 g/mol. The van der Waals surface area contributed by atoms with E-state index in [-0.39, 0.29) is 23.4 Å². The summed E-state index contributed by atoms with van der Waals surface area (Å²) in [4.78, 5) is 26.3. The third-order valence-corrected chi connectivity index (χ3v) is 6.00. The minimum Gasteiger partial charge on any atom is -0.493 e. The van der Waals surface area contributed by atoms with Crippen molar-refractivity contribution in [2.45, 2.75) is 24.9 Å². The maximum absolute atomic E-state index is 13.2. The number of fused-ring (bicyclic) bond motifs is 2. The van der Waals surface area contributed by atoms with Crippen LogP contribution in [0.4, 0.5) is 0 Å². The van der Waals surface area contributed by atoms with Crippen LogP contribution in [-0.2, 0) is 14.3 Å².